The van der Waals surface area contributed by atoms with Gasteiger partial charge < -0.3 is 15.4 Å². The van der Waals surface area contributed by atoms with E-state index in [4.69, 9.17) is 10.5 Å². The Hall–Kier alpha value is -2.14. The van der Waals surface area contributed by atoms with Crippen molar-refractivity contribution in [1.29, 1.82) is 0 Å². The minimum Gasteiger partial charge on any atom is -0.376 e. The predicted octanol–water partition coefficient (Wildman–Crippen LogP) is 2.22. The van der Waals surface area contributed by atoms with Crippen LogP contribution in [0.15, 0.2) is 30.3 Å². The summed E-state index contributed by atoms with van der Waals surface area (Å²) in [5, 5.41) is 0. The minimum absolute atomic E-state index is 0.00806. The Morgan fingerprint density at radius 1 is 1.21 bits per heavy atom. The number of piperidine rings is 1. The number of hydrogen-bond acceptors (Lipinski definition) is 3. The Balaban J connectivity index is 1.51. The average Bonchev–Trinajstić information content (AvgIpc) is 3.43. The highest BCUT2D eigenvalue weighted by Gasteiger charge is 2.26. The monoisotopic (exact) mass is 328 g/mol. The van der Waals surface area contributed by atoms with Crippen LogP contribution in [-0.2, 0) is 9.53 Å². The van der Waals surface area contributed by atoms with Crippen LogP contribution in [0.5, 0.6) is 0 Å². The van der Waals surface area contributed by atoms with Crippen LogP contribution in [0.25, 0.3) is 6.08 Å². The summed E-state index contributed by atoms with van der Waals surface area (Å²) in [4.78, 5) is 25.3. The average molecular weight is 328 g/mol. The van der Waals surface area contributed by atoms with Crippen molar-refractivity contribution < 1.29 is 14.3 Å². The fraction of sp³-hybridized carbons (Fsp3) is 0.474. The third-order valence-electron chi connectivity index (χ3n) is 4.57. The molecule has 2 N–H and O–H groups in total. The second-order valence-electron chi connectivity index (χ2n) is 6.64. The summed E-state index contributed by atoms with van der Waals surface area (Å²) in [7, 11) is 0. The third kappa shape index (κ3) is 4.68. The van der Waals surface area contributed by atoms with E-state index in [2.05, 4.69) is 0 Å². The Kier molecular flexibility index (Phi) is 5.30. The zero-order valence-electron chi connectivity index (χ0n) is 13.8. The molecular formula is C19H24N2O3. The largest absolute Gasteiger partial charge is 0.376 e. The first kappa shape index (κ1) is 16.7. The minimum atomic E-state index is -0.452. The van der Waals surface area contributed by atoms with Gasteiger partial charge in [0.1, 0.15) is 0 Å². The van der Waals surface area contributed by atoms with Gasteiger partial charge in [0.25, 0.3) is 0 Å². The van der Waals surface area contributed by atoms with E-state index in [1.807, 2.05) is 4.90 Å². The van der Waals surface area contributed by atoms with Gasteiger partial charge in [-0.1, -0.05) is 12.1 Å². The second kappa shape index (κ2) is 7.62. The fourth-order valence-corrected chi connectivity index (χ4v) is 2.86. The lowest BCUT2D eigenvalue weighted by Gasteiger charge is -2.32. The van der Waals surface area contributed by atoms with Gasteiger partial charge in [-0.05, 0) is 55.4 Å². The molecule has 0 bridgehead atoms. The highest BCUT2D eigenvalue weighted by molar-refractivity contribution is 5.94. The molecule has 1 aliphatic carbocycles. The van der Waals surface area contributed by atoms with Crippen LogP contribution in [0.4, 0.5) is 0 Å². The van der Waals surface area contributed by atoms with Gasteiger partial charge in [-0.3, -0.25) is 9.59 Å². The van der Waals surface area contributed by atoms with Crippen LogP contribution in [0, 0.1) is 5.92 Å². The van der Waals surface area contributed by atoms with Crippen LogP contribution in [0.2, 0.25) is 0 Å². The molecule has 2 amide bonds. The van der Waals surface area contributed by atoms with Crippen LogP contribution >= 0.6 is 0 Å². The van der Waals surface area contributed by atoms with E-state index in [9.17, 15) is 9.59 Å². The van der Waals surface area contributed by atoms with E-state index in [1.165, 1.54) is 12.8 Å². The number of likely N-dealkylation sites (tertiary alicyclic amines) is 1. The zero-order chi connectivity index (χ0) is 16.9. The summed E-state index contributed by atoms with van der Waals surface area (Å²) in [5.41, 5.74) is 6.54. The van der Waals surface area contributed by atoms with E-state index >= 15 is 0 Å². The first-order valence-electron chi connectivity index (χ1n) is 8.60. The van der Waals surface area contributed by atoms with Crippen LogP contribution < -0.4 is 5.73 Å². The molecule has 1 aromatic rings. The van der Waals surface area contributed by atoms with E-state index < -0.39 is 5.91 Å². The first-order chi connectivity index (χ1) is 11.6. The van der Waals surface area contributed by atoms with Crippen LogP contribution in [0.1, 0.15) is 41.6 Å². The molecule has 0 spiro atoms. The molecule has 1 aromatic carbocycles. The normalized spacial score (nSPS) is 21.2. The number of benzene rings is 1. The molecule has 0 aromatic heterocycles. The predicted molar refractivity (Wildman–Crippen MR) is 92.3 cm³/mol. The summed E-state index contributed by atoms with van der Waals surface area (Å²) in [6.45, 7) is 2.30. The molecule has 2 fully saturated rings. The lowest BCUT2D eigenvalue weighted by atomic mass is 10.1. The van der Waals surface area contributed by atoms with Gasteiger partial charge in [0.15, 0.2) is 0 Å². The second-order valence-corrected chi connectivity index (χ2v) is 6.64. The van der Waals surface area contributed by atoms with Gasteiger partial charge in [0, 0.05) is 31.3 Å². The van der Waals surface area contributed by atoms with Crippen molar-refractivity contribution in [2.75, 3.05) is 19.7 Å². The molecule has 5 nitrogen and oxygen atoms in total. The summed E-state index contributed by atoms with van der Waals surface area (Å²) >= 11 is 0. The number of primary amides is 1. The van der Waals surface area contributed by atoms with E-state index in [0.717, 1.165) is 37.5 Å². The van der Waals surface area contributed by atoms with Crippen molar-refractivity contribution in [3.05, 3.63) is 41.5 Å². The number of amides is 2. The quantitative estimate of drug-likeness (QED) is 0.814. The molecule has 5 heteroatoms. The molecule has 128 valence electrons. The maximum Gasteiger partial charge on any atom is 0.248 e. The summed E-state index contributed by atoms with van der Waals surface area (Å²) in [6, 6.07) is 6.88. The lowest BCUT2D eigenvalue weighted by molar-refractivity contribution is -0.130. The van der Waals surface area contributed by atoms with Crippen LogP contribution in [0.3, 0.4) is 0 Å². The molecule has 1 unspecified atom stereocenters. The number of rotatable bonds is 6. The lowest BCUT2D eigenvalue weighted by Crippen LogP contribution is -2.42. The molecule has 1 saturated heterocycles. The van der Waals surface area contributed by atoms with Gasteiger partial charge >= 0.3 is 0 Å². The topological polar surface area (TPSA) is 72.6 Å². The van der Waals surface area contributed by atoms with E-state index in [1.54, 1.807) is 36.4 Å². The standard InChI is InChI=1S/C19H24N2O3/c20-19(23)16-8-5-14(6-9-16)7-10-18(22)21-11-1-2-17(12-21)24-13-15-3-4-15/h5-10,15,17H,1-4,11-13H2,(H2,20,23)/b10-7+. The Morgan fingerprint density at radius 3 is 2.62 bits per heavy atom. The van der Waals surface area contributed by atoms with E-state index in [0.29, 0.717) is 12.1 Å². The molecule has 1 atom stereocenters. The number of nitrogens with two attached hydrogens (primary N) is 1. The maximum atomic E-state index is 12.4. The maximum absolute atomic E-state index is 12.4. The Labute approximate surface area is 142 Å². The van der Waals surface area contributed by atoms with E-state index in [-0.39, 0.29) is 12.0 Å². The SMILES string of the molecule is NC(=O)c1ccc(/C=C/C(=O)N2CCCC(OCC3CC3)C2)cc1. The van der Waals surface area contributed by atoms with Crippen molar-refractivity contribution in [3.63, 3.8) is 0 Å². The number of hydrogen-bond donors (Lipinski definition) is 1. The van der Waals surface area contributed by atoms with Gasteiger partial charge in [-0.25, -0.2) is 0 Å². The zero-order valence-corrected chi connectivity index (χ0v) is 13.8. The summed E-state index contributed by atoms with van der Waals surface area (Å²) in [5.74, 6) is 0.306. The number of carbonyl (C=O) groups is 2. The van der Waals surface area contributed by atoms with Crippen molar-refractivity contribution in [2.45, 2.75) is 31.8 Å². The first-order valence-corrected chi connectivity index (χ1v) is 8.60. The van der Waals surface area contributed by atoms with Gasteiger partial charge in [0.05, 0.1) is 6.10 Å². The number of carbonyl (C=O) groups excluding carboxylic acids is 2. The highest BCUT2D eigenvalue weighted by atomic mass is 16.5. The molecule has 3 rings (SSSR count). The van der Waals surface area contributed by atoms with Crippen molar-refractivity contribution in [3.8, 4) is 0 Å². The molecule has 2 aliphatic rings. The Morgan fingerprint density at radius 2 is 1.96 bits per heavy atom. The molecule has 1 heterocycles. The number of nitrogens with zero attached hydrogens (tertiary/aromatic N) is 1. The molecule has 1 saturated carbocycles. The summed E-state index contributed by atoms with van der Waals surface area (Å²) in [6.07, 6.45) is 8.12. The van der Waals surface area contributed by atoms with Gasteiger partial charge in [-0.2, -0.15) is 0 Å². The van der Waals surface area contributed by atoms with Gasteiger partial charge in [-0.15, -0.1) is 0 Å². The summed E-state index contributed by atoms with van der Waals surface area (Å²) < 4.78 is 5.92. The fourth-order valence-electron chi connectivity index (χ4n) is 2.86. The number of ether oxygens (including phenoxy) is 1. The third-order valence-corrected chi connectivity index (χ3v) is 4.57. The van der Waals surface area contributed by atoms with Crippen molar-refractivity contribution in [1.82, 2.24) is 4.90 Å². The molecule has 0 radical (unpaired) electrons. The molecule has 24 heavy (non-hydrogen) atoms. The molecular weight excluding hydrogens is 304 g/mol. The van der Waals surface area contributed by atoms with Crippen LogP contribution in [-0.4, -0.2) is 42.5 Å². The Bertz CT molecular complexity index is 620. The van der Waals surface area contributed by atoms with Crippen molar-refractivity contribution >= 4 is 17.9 Å². The smallest absolute Gasteiger partial charge is 0.248 e. The van der Waals surface area contributed by atoms with Gasteiger partial charge in [0.2, 0.25) is 11.8 Å². The molecule has 1 aliphatic heterocycles. The highest BCUT2D eigenvalue weighted by Crippen LogP contribution is 2.30. The van der Waals surface area contributed by atoms with Crippen molar-refractivity contribution in [2.24, 2.45) is 11.7 Å².